The third-order valence-electron chi connectivity index (χ3n) is 2.78. The Hall–Kier alpha value is -1.33. The van der Waals surface area contributed by atoms with Crippen LogP contribution >= 0.6 is 0 Å². The molecule has 6 heteroatoms. The first-order chi connectivity index (χ1) is 8.11. The summed E-state index contributed by atoms with van der Waals surface area (Å²) in [4.78, 5) is 23.7. The number of hydrogen-bond donors (Lipinski definition) is 1. The average molecular weight is 261 g/mol. The van der Waals surface area contributed by atoms with Crippen molar-refractivity contribution in [2.45, 2.75) is 51.3 Å². The summed E-state index contributed by atoms with van der Waals surface area (Å²) in [5, 5.41) is 8.61. The summed E-state index contributed by atoms with van der Waals surface area (Å²) in [6, 6.07) is 0. The molecule has 1 heterocycles. The van der Waals surface area contributed by atoms with Crippen LogP contribution in [-0.4, -0.2) is 46.4 Å². The molecule has 0 saturated carbocycles. The van der Waals surface area contributed by atoms with Crippen LogP contribution in [-0.2, 0) is 9.53 Å². The third-order valence-corrected chi connectivity index (χ3v) is 2.78. The van der Waals surface area contributed by atoms with Crippen LogP contribution in [0.1, 0.15) is 40.0 Å². The molecule has 1 fully saturated rings. The minimum Gasteiger partial charge on any atom is -0.481 e. The number of halogens is 1. The van der Waals surface area contributed by atoms with Crippen molar-refractivity contribution in [3.8, 4) is 0 Å². The van der Waals surface area contributed by atoms with Gasteiger partial charge in [-0.15, -0.1) is 0 Å². The summed E-state index contributed by atoms with van der Waals surface area (Å²) in [7, 11) is 0. The molecule has 1 N–H and O–H groups in total. The number of carboxylic acids is 1. The van der Waals surface area contributed by atoms with Crippen molar-refractivity contribution in [2.24, 2.45) is 0 Å². The maximum Gasteiger partial charge on any atom is 0.410 e. The average Bonchev–Trinajstić information content (AvgIpc) is 2.13. The molecule has 0 aromatic carbocycles. The minimum atomic E-state index is -1.70. The van der Waals surface area contributed by atoms with Crippen molar-refractivity contribution in [3.63, 3.8) is 0 Å². The van der Waals surface area contributed by atoms with Crippen molar-refractivity contribution >= 4 is 12.1 Å². The highest BCUT2D eigenvalue weighted by Gasteiger charge is 2.38. The number of ether oxygens (including phenoxy) is 1. The molecule has 0 spiro atoms. The molecule has 1 saturated heterocycles. The number of nitrogens with zero attached hydrogens (tertiary/aromatic N) is 1. The highest BCUT2D eigenvalue weighted by molar-refractivity contribution is 5.69. The van der Waals surface area contributed by atoms with Gasteiger partial charge in [0, 0.05) is 13.1 Å². The molecular formula is C12H20FNO4. The smallest absolute Gasteiger partial charge is 0.410 e. The van der Waals surface area contributed by atoms with Gasteiger partial charge in [0.05, 0.1) is 6.42 Å². The van der Waals surface area contributed by atoms with Gasteiger partial charge in [0.25, 0.3) is 0 Å². The van der Waals surface area contributed by atoms with E-state index >= 15 is 0 Å². The molecule has 0 unspecified atom stereocenters. The Morgan fingerprint density at radius 2 is 1.83 bits per heavy atom. The van der Waals surface area contributed by atoms with E-state index in [4.69, 9.17) is 9.84 Å². The summed E-state index contributed by atoms with van der Waals surface area (Å²) in [6.45, 7) is 5.67. The molecule has 0 radical (unpaired) electrons. The molecule has 0 aliphatic carbocycles. The lowest BCUT2D eigenvalue weighted by Crippen LogP contribution is -2.47. The van der Waals surface area contributed by atoms with E-state index in [1.54, 1.807) is 20.8 Å². The number of amides is 1. The standard InChI is InChI=1S/C12H20FNO4/c1-11(2,3)18-10(17)14-6-4-12(13,5-7-14)8-9(15)16/h4-8H2,1-3H3,(H,15,16). The van der Waals surface area contributed by atoms with Crippen molar-refractivity contribution in [1.29, 1.82) is 0 Å². The van der Waals surface area contributed by atoms with Gasteiger partial charge in [-0.25, -0.2) is 9.18 Å². The van der Waals surface area contributed by atoms with Crippen LogP contribution in [0.2, 0.25) is 0 Å². The van der Waals surface area contributed by atoms with Crippen molar-refractivity contribution in [1.82, 2.24) is 4.90 Å². The summed E-state index contributed by atoms with van der Waals surface area (Å²) in [6.07, 6.45) is -0.897. The van der Waals surface area contributed by atoms with E-state index in [2.05, 4.69) is 0 Å². The second-order valence-electron chi connectivity index (χ2n) is 5.69. The van der Waals surface area contributed by atoms with E-state index in [1.165, 1.54) is 4.90 Å². The lowest BCUT2D eigenvalue weighted by molar-refractivity contribution is -0.141. The number of alkyl halides is 1. The lowest BCUT2D eigenvalue weighted by atomic mass is 9.90. The Kier molecular flexibility index (Phi) is 4.19. The van der Waals surface area contributed by atoms with Crippen LogP contribution in [0.15, 0.2) is 0 Å². The van der Waals surface area contributed by atoms with Gasteiger partial charge >= 0.3 is 12.1 Å². The van der Waals surface area contributed by atoms with Gasteiger partial charge in [-0.05, 0) is 33.6 Å². The Morgan fingerprint density at radius 3 is 2.22 bits per heavy atom. The molecule has 1 amide bonds. The van der Waals surface area contributed by atoms with Crippen LogP contribution in [0.3, 0.4) is 0 Å². The second kappa shape index (κ2) is 5.12. The fourth-order valence-corrected chi connectivity index (χ4v) is 1.86. The molecule has 18 heavy (non-hydrogen) atoms. The number of piperidine rings is 1. The molecule has 104 valence electrons. The van der Waals surface area contributed by atoms with Crippen LogP contribution in [0.25, 0.3) is 0 Å². The van der Waals surface area contributed by atoms with E-state index in [9.17, 15) is 14.0 Å². The van der Waals surface area contributed by atoms with Crippen LogP contribution in [0.4, 0.5) is 9.18 Å². The zero-order chi connectivity index (χ0) is 14.0. The first kappa shape index (κ1) is 14.7. The number of carboxylic acid groups (broad SMARTS) is 1. The summed E-state index contributed by atoms with van der Waals surface area (Å²) in [5.74, 6) is -1.15. The van der Waals surface area contributed by atoms with E-state index < -0.39 is 29.8 Å². The van der Waals surface area contributed by atoms with Crippen LogP contribution in [0, 0.1) is 0 Å². The summed E-state index contributed by atoms with van der Waals surface area (Å²) < 4.78 is 19.2. The molecule has 0 aromatic rings. The predicted octanol–water partition coefficient (Wildman–Crippen LogP) is 2.20. The highest BCUT2D eigenvalue weighted by Crippen LogP contribution is 2.30. The van der Waals surface area contributed by atoms with Gasteiger partial charge in [0.2, 0.25) is 0 Å². The third kappa shape index (κ3) is 4.50. The van der Waals surface area contributed by atoms with E-state index in [-0.39, 0.29) is 25.9 Å². The lowest BCUT2D eigenvalue weighted by Gasteiger charge is -2.36. The Bertz CT molecular complexity index is 329. The van der Waals surface area contributed by atoms with Gasteiger partial charge in [0.15, 0.2) is 0 Å². The number of carbonyl (C=O) groups excluding carboxylic acids is 1. The normalized spacial score (nSPS) is 19.4. The number of hydrogen-bond acceptors (Lipinski definition) is 3. The second-order valence-corrected chi connectivity index (χ2v) is 5.69. The first-order valence-corrected chi connectivity index (χ1v) is 6.00. The zero-order valence-electron chi connectivity index (χ0n) is 11.0. The maximum atomic E-state index is 14.0. The minimum absolute atomic E-state index is 0.0402. The number of carbonyl (C=O) groups is 2. The predicted molar refractivity (Wildman–Crippen MR) is 63.1 cm³/mol. The van der Waals surface area contributed by atoms with Crippen molar-refractivity contribution in [3.05, 3.63) is 0 Å². The number of likely N-dealkylation sites (tertiary alicyclic amines) is 1. The summed E-state index contributed by atoms with van der Waals surface area (Å²) in [5.41, 5.74) is -2.28. The van der Waals surface area contributed by atoms with Gasteiger partial charge in [0.1, 0.15) is 11.3 Å². The van der Waals surface area contributed by atoms with Gasteiger partial charge < -0.3 is 14.7 Å². The van der Waals surface area contributed by atoms with Crippen LogP contribution < -0.4 is 0 Å². The van der Waals surface area contributed by atoms with Crippen molar-refractivity contribution in [2.75, 3.05) is 13.1 Å². The molecule has 1 rings (SSSR count). The maximum absolute atomic E-state index is 14.0. The number of rotatable bonds is 2. The Labute approximate surface area is 106 Å². The zero-order valence-corrected chi connectivity index (χ0v) is 11.0. The topological polar surface area (TPSA) is 66.8 Å². The van der Waals surface area contributed by atoms with Gasteiger partial charge in [-0.3, -0.25) is 4.79 Å². The first-order valence-electron chi connectivity index (χ1n) is 6.00. The van der Waals surface area contributed by atoms with E-state index in [0.29, 0.717) is 0 Å². The molecule has 5 nitrogen and oxygen atoms in total. The molecule has 0 bridgehead atoms. The molecule has 1 aliphatic rings. The monoisotopic (exact) mass is 261 g/mol. The molecule has 0 atom stereocenters. The van der Waals surface area contributed by atoms with Crippen molar-refractivity contribution < 1.29 is 23.8 Å². The summed E-state index contributed by atoms with van der Waals surface area (Å²) >= 11 is 0. The molecule has 1 aliphatic heterocycles. The number of aliphatic carboxylic acids is 1. The van der Waals surface area contributed by atoms with Gasteiger partial charge in [-0.1, -0.05) is 0 Å². The molecule has 0 aromatic heterocycles. The van der Waals surface area contributed by atoms with Crippen LogP contribution in [0.5, 0.6) is 0 Å². The fourth-order valence-electron chi connectivity index (χ4n) is 1.86. The molecular weight excluding hydrogens is 241 g/mol. The Balaban J connectivity index is 2.48. The SMILES string of the molecule is CC(C)(C)OC(=O)N1CCC(F)(CC(=O)O)CC1. The largest absolute Gasteiger partial charge is 0.481 e. The Morgan fingerprint density at radius 1 is 1.33 bits per heavy atom. The quantitative estimate of drug-likeness (QED) is 0.827. The van der Waals surface area contributed by atoms with E-state index in [1.807, 2.05) is 0 Å². The highest BCUT2D eigenvalue weighted by atomic mass is 19.1. The fraction of sp³-hybridized carbons (Fsp3) is 0.833. The van der Waals surface area contributed by atoms with E-state index in [0.717, 1.165) is 0 Å². The van der Waals surface area contributed by atoms with Gasteiger partial charge in [-0.2, -0.15) is 0 Å².